The fourth-order valence-corrected chi connectivity index (χ4v) is 5.04. The highest BCUT2D eigenvalue weighted by atomic mass is 14.7. The fourth-order valence-electron chi connectivity index (χ4n) is 5.04. The van der Waals surface area contributed by atoms with Crippen molar-refractivity contribution in [2.75, 3.05) is 0 Å². The van der Waals surface area contributed by atoms with Crippen LogP contribution >= 0.6 is 0 Å². The van der Waals surface area contributed by atoms with Crippen molar-refractivity contribution in [2.45, 2.75) is 122 Å². The van der Waals surface area contributed by atoms with Gasteiger partial charge in [-0.15, -0.1) is 0 Å². The third kappa shape index (κ3) is 6.63. The summed E-state index contributed by atoms with van der Waals surface area (Å²) in [6, 6.07) is 10.6. The Balaban J connectivity index is 0.000000359. The molecular formula is C36H54N2. The van der Waals surface area contributed by atoms with E-state index in [1.807, 2.05) is 19.9 Å². The fraction of sp³-hybridized carbons (Fsp3) is 0.500. The van der Waals surface area contributed by atoms with E-state index in [0.29, 0.717) is 0 Å². The summed E-state index contributed by atoms with van der Waals surface area (Å²) in [6.45, 7) is 32.9. The van der Waals surface area contributed by atoms with E-state index >= 15 is 0 Å². The molecule has 4 rings (SSSR count). The molecule has 2 aromatic heterocycles. The van der Waals surface area contributed by atoms with Crippen LogP contribution in [0, 0.1) is 48.5 Å². The largest absolute Gasteiger partial charge is 0.257 e. The molecule has 0 N–H and O–H groups in total. The molecule has 2 aromatic carbocycles. The molecule has 0 saturated carbocycles. The predicted octanol–water partition coefficient (Wildman–Crippen LogP) is 10.9. The SMILES string of the molecule is C.CC.Cc1cc(C(C)(C)C)c2ccccc2n1.Cc1nc(C(C)(C)C)c2c(C)c(C)c(C)c(C)c2c1C. The van der Waals surface area contributed by atoms with Crippen molar-refractivity contribution < 1.29 is 0 Å². The highest BCUT2D eigenvalue weighted by Gasteiger charge is 2.24. The number of rotatable bonds is 0. The quantitative estimate of drug-likeness (QED) is 0.233. The van der Waals surface area contributed by atoms with Gasteiger partial charge in [0.05, 0.1) is 11.2 Å². The Kier molecular flexibility index (Phi) is 10.9. The lowest BCUT2D eigenvalue weighted by atomic mass is 9.82. The molecule has 2 heterocycles. The molecule has 208 valence electrons. The topological polar surface area (TPSA) is 25.8 Å². The number of hydrogen-bond donors (Lipinski definition) is 0. The van der Waals surface area contributed by atoms with Crippen LogP contribution in [-0.2, 0) is 10.8 Å². The normalized spacial score (nSPS) is 11.3. The second kappa shape index (κ2) is 12.4. The summed E-state index contributed by atoms with van der Waals surface area (Å²) in [5.74, 6) is 0. The van der Waals surface area contributed by atoms with Crippen molar-refractivity contribution >= 4 is 21.7 Å². The van der Waals surface area contributed by atoms with E-state index in [0.717, 1.165) is 16.9 Å². The van der Waals surface area contributed by atoms with Gasteiger partial charge in [-0.1, -0.05) is 81.0 Å². The Morgan fingerprint density at radius 2 is 1.08 bits per heavy atom. The van der Waals surface area contributed by atoms with E-state index in [1.165, 1.54) is 55.2 Å². The summed E-state index contributed by atoms with van der Waals surface area (Å²) < 4.78 is 0. The maximum atomic E-state index is 4.94. The average molecular weight is 515 g/mol. The minimum Gasteiger partial charge on any atom is -0.257 e. The monoisotopic (exact) mass is 514 g/mol. The number of aromatic nitrogens is 2. The molecule has 38 heavy (non-hydrogen) atoms. The van der Waals surface area contributed by atoms with Gasteiger partial charge in [-0.25, -0.2) is 0 Å². The van der Waals surface area contributed by atoms with Crippen molar-refractivity contribution in [3.8, 4) is 0 Å². The number of hydrogen-bond acceptors (Lipinski definition) is 2. The molecule has 0 aliphatic heterocycles. The Labute approximate surface area is 234 Å². The second-order valence-corrected chi connectivity index (χ2v) is 12.2. The molecule has 4 aromatic rings. The lowest BCUT2D eigenvalue weighted by Crippen LogP contribution is -2.17. The zero-order chi connectivity index (χ0) is 28.5. The van der Waals surface area contributed by atoms with Crippen LogP contribution in [0.1, 0.15) is 113 Å². The smallest absolute Gasteiger partial charge is 0.0708 e. The Bertz CT molecular complexity index is 1410. The average Bonchev–Trinajstić information content (AvgIpc) is 2.82. The van der Waals surface area contributed by atoms with Gasteiger partial charge in [0.15, 0.2) is 0 Å². The van der Waals surface area contributed by atoms with Crippen LogP contribution in [0.4, 0.5) is 0 Å². The first-order chi connectivity index (χ1) is 17.1. The van der Waals surface area contributed by atoms with E-state index < -0.39 is 0 Å². The number of benzene rings is 2. The first-order valence-corrected chi connectivity index (χ1v) is 13.8. The maximum absolute atomic E-state index is 4.94. The summed E-state index contributed by atoms with van der Waals surface area (Å²) >= 11 is 0. The number of pyridine rings is 2. The molecule has 2 heteroatoms. The third-order valence-corrected chi connectivity index (χ3v) is 7.48. The number of fused-ring (bicyclic) bond motifs is 2. The van der Waals surface area contributed by atoms with E-state index in [4.69, 9.17) is 4.98 Å². The minimum atomic E-state index is 0. The third-order valence-electron chi connectivity index (χ3n) is 7.48. The minimum absolute atomic E-state index is 0. The van der Waals surface area contributed by atoms with Gasteiger partial charge in [-0.05, 0) is 105 Å². The summed E-state index contributed by atoms with van der Waals surface area (Å²) in [4.78, 5) is 9.49. The zero-order valence-electron chi connectivity index (χ0n) is 26.3. The molecule has 0 aliphatic carbocycles. The van der Waals surface area contributed by atoms with Crippen LogP contribution in [0.3, 0.4) is 0 Å². The first-order valence-electron chi connectivity index (χ1n) is 13.8. The summed E-state index contributed by atoms with van der Waals surface area (Å²) in [5, 5.41) is 4.07. The molecule has 0 aliphatic rings. The summed E-state index contributed by atoms with van der Waals surface area (Å²) in [7, 11) is 0. The Morgan fingerprint density at radius 3 is 1.58 bits per heavy atom. The molecule has 0 atom stereocenters. The van der Waals surface area contributed by atoms with E-state index in [-0.39, 0.29) is 18.3 Å². The number of para-hydroxylation sites is 1. The number of aryl methyl sites for hydroxylation is 5. The lowest BCUT2D eigenvalue weighted by molar-refractivity contribution is 0.573. The standard InChI is InChI=1S/C19H27N.C14H17N.C2H6.CH4/c1-10-11(2)13(4)17-16(12(10)3)14(5)15(6)20-18(17)19(7,8)9;1-10-9-12(14(2,3)4)11-7-5-6-8-13(11)15-10;1-2;/h1-9H3;5-9H,1-4H3;1-2H3;1H4. The molecule has 0 saturated heterocycles. The van der Waals surface area contributed by atoms with Gasteiger partial charge >= 0.3 is 0 Å². The first kappa shape index (κ1) is 33.3. The van der Waals surface area contributed by atoms with Gasteiger partial charge in [0, 0.05) is 27.6 Å². The van der Waals surface area contributed by atoms with Gasteiger partial charge in [0.1, 0.15) is 0 Å². The van der Waals surface area contributed by atoms with Crippen LogP contribution in [0.2, 0.25) is 0 Å². The predicted molar refractivity (Wildman–Crippen MR) is 172 cm³/mol. The molecular weight excluding hydrogens is 460 g/mol. The van der Waals surface area contributed by atoms with Gasteiger partial charge in [0.25, 0.3) is 0 Å². The summed E-state index contributed by atoms with van der Waals surface area (Å²) in [5.41, 5.74) is 13.2. The van der Waals surface area contributed by atoms with Crippen LogP contribution in [0.15, 0.2) is 30.3 Å². The molecule has 0 bridgehead atoms. The van der Waals surface area contributed by atoms with Crippen molar-refractivity contribution in [3.05, 3.63) is 80.8 Å². The van der Waals surface area contributed by atoms with E-state index in [2.05, 4.69) is 119 Å². The Morgan fingerprint density at radius 1 is 0.579 bits per heavy atom. The van der Waals surface area contributed by atoms with Crippen LogP contribution < -0.4 is 0 Å². The van der Waals surface area contributed by atoms with Crippen molar-refractivity contribution in [3.63, 3.8) is 0 Å². The molecule has 0 radical (unpaired) electrons. The highest BCUT2D eigenvalue weighted by molar-refractivity contribution is 5.95. The Hall–Kier alpha value is -2.74. The number of nitrogens with zero attached hydrogens (tertiary/aromatic N) is 2. The molecule has 0 spiro atoms. The van der Waals surface area contributed by atoms with Gasteiger partial charge in [0.2, 0.25) is 0 Å². The van der Waals surface area contributed by atoms with Crippen molar-refractivity contribution in [2.24, 2.45) is 0 Å². The molecule has 0 fully saturated rings. The van der Waals surface area contributed by atoms with Crippen LogP contribution in [0.5, 0.6) is 0 Å². The maximum Gasteiger partial charge on any atom is 0.0708 e. The molecule has 2 nitrogen and oxygen atoms in total. The van der Waals surface area contributed by atoms with Gasteiger partial charge < -0.3 is 0 Å². The van der Waals surface area contributed by atoms with E-state index in [9.17, 15) is 0 Å². The lowest BCUT2D eigenvalue weighted by Gasteiger charge is -2.26. The zero-order valence-corrected chi connectivity index (χ0v) is 26.3. The van der Waals surface area contributed by atoms with Crippen molar-refractivity contribution in [1.29, 1.82) is 0 Å². The van der Waals surface area contributed by atoms with Gasteiger partial charge in [-0.3, -0.25) is 9.97 Å². The summed E-state index contributed by atoms with van der Waals surface area (Å²) in [6.07, 6.45) is 0. The van der Waals surface area contributed by atoms with Crippen LogP contribution in [0.25, 0.3) is 21.7 Å². The van der Waals surface area contributed by atoms with E-state index in [1.54, 1.807) is 0 Å². The molecule has 0 amide bonds. The molecule has 0 unspecified atom stereocenters. The van der Waals surface area contributed by atoms with Gasteiger partial charge in [-0.2, -0.15) is 0 Å². The second-order valence-electron chi connectivity index (χ2n) is 12.2. The van der Waals surface area contributed by atoms with Crippen molar-refractivity contribution in [1.82, 2.24) is 9.97 Å². The highest BCUT2D eigenvalue weighted by Crippen LogP contribution is 2.38. The van der Waals surface area contributed by atoms with Crippen LogP contribution in [-0.4, -0.2) is 9.97 Å².